The maximum absolute atomic E-state index is 13.1. The first-order valence-corrected chi connectivity index (χ1v) is 10.6. The molecule has 1 saturated heterocycles. The number of nitrogens with one attached hydrogen (secondary N) is 1. The van der Waals surface area contributed by atoms with Crippen molar-refractivity contribution in [3.05, 3.63) is 42.9 Å². The van der Waals surface area contributed by atoms with E-state index in [-0.39, 0.29) is 11.9 Å². The van der Waals surface area contributed by atoms with Crippen LogP contribution in [0, 0.1) is 0 Å². The Balaban J connectivity index is 1.60. The summed E-state index contributed by atoms with van der Waals surface area (Å²) in [5, 5.41) is 4.26. The van der Waals surface area contributed by atoms with Crippen molar-refractivity contribution in [1.82, 2.24) is 24.8 Å². The maximum Gasteiger partial charge on any atom is 0.245 e. The molecule has 1 aliphatic rings. The summed E-state index contributed by atoms with van der Waals surface area (Å²) in [6.45, 7) is 5.33. The van der Waals surface area contributed by atoms with Gasteiger partial charge in [-0.3, -0.25) is 4.79 Å². The molecule has 0 saturated carbocycles. The van der Waals surface area contributed by atoms with Gasteiger partial charge >= 0.3 is 0 Å². The Bertz CT molecular complexity index is 1050. The van der Waals surface area contributed by atoms with Crippen LogP contribution < -0.4 is 10.1 Å². The predicted molar refractivity (Wildman–Crippen MR) is 121 cm³/mol. The highest BCUT2D eigenvalue weighted by Crippen LogP contribution is 2.28. The second kappa shape index (κ2) is 9.26. The molecule has 2 aromatic heterocycles. The molecule has 8 heteroatoms. The minimum Gasteiger partial charge on any atom is -0.481 e. The van der Waals surface area contributed by atoms with Crippen LogP contribution >= 0.6 is 0 Å². The Morgan fingerprint density at radius 1 is 1.10 bits per heavy atom. The Morgan fingerprint density at radius 2 is 1.87 bits per heavy atom. The molecule has 1 amide bonds. The molecule has 1 atom stereocenters. The summed E-state index contributed by atoms with van der Waals surface area (Å²) in [7, 11) is 3.68. The molecule has 3 heterocycles. The van der Waals surface area contributed by atoms with E-state index >= 15 is 0 Å². The van der Waals surface area contributed by atoms with E-state index < -0.39 is 0 Å². The summed E-state index contributed by atoms with van der Waals surface area (Å²) in [6, 6.07) is 9.49. The fourth-order valence-electron chi connectivity index (χ4n) is 3.77. The van der Waals surface area contributed by atoms with E-state index in [1.165, 1.54) is 6.33 Å². The van der Waals surface area contributed by atoms with Crippen LogP contribution in [0.25, 0.3) is 22.0 Å². The third-order valence-corrected chi connectivity index (χ3v) is 5.75. The molecule has 1 unspecified atom stereocenters. The number of likely N-dealkylation sites (N-methyl/N-ethyl adjacent to an activating group) is 1. The lowest BCUT2D eigenvalue weighted by molar-refractivity contribution is -0.133. The molecular weight excluding hydrogens is 392 g/mol. The van der Waals surface area contributed by atoms with E-state index in [1.807, 2.05) is 42.2 Å². The number of fused-ring (bicyclic) bond motifs is 1. The van der Waals surface area contributed by atoms with Gasteiger partial charge in [0, 0.05) is 49.4 Å². The molecule has 8 nitrogen and oxygen atoms in total. The molecule has 0 bridgehead atoms. The number of pyridine rings is 1. The van der Waals surface area contributed by atoms with Crippen molar-refractivity contribution in [1.29, 1.82) is 0 Å². The first-order valence-electron chi connectivity index (χ1n) is 10.6. The van der Waals surface area contributed by atoms with Gasteiger partial charge in [-0.2, -0.15) is 0 Å². The van der Waals surface area contributed by atoms with Gasteiger partial charge in [-0.15, -0.1) is 0 Å². The number of methoxy groups -OCH3 is 1. The third kappa shape index (κ3) is 4.59. The number of benzene rings is 1. The highest BCUT2D eigenvalue weighted by atomic mass is 16.5. The number of aromatic nitrogens is 3. The molecule has 1 fully saturated rings. The zero-order valence-corrected chi connectivity index (χ0v) is 18.2. The molecule has 1 N–H and O–H groups in total. The molecular formula is C23H28N6O2. The SMILES string of the molecule is CCC(Nc1ncnc2ccc(-c3ccc(OC)nc3)cc12)C(=O)N1CCN(C)CC1. The van der Waals surface area contributed by atoms with Gasteiger partial charge in [0.05, 0.1) is 12.6 Å². The fourth-order valence-corrected chi connectivity index (χ4v) is 3.77. The molecule has 0 aliphatic carbocycles. The van der Waals surface area contributed by atoms with Crippen molar-refractivity contribution in [2.45, 2.75) is 19.4 Å². The van der Waals surface area contributed by atoms with Gasteiger partial charge in [-0.25, -0.2) is 15.0 Å². The number of piperazine rings is 1. The van der Waals surface area contributed by atoms with Gasteiger partial charge in [-0.1, -0.05) is 13.0 Å². The second-order valence-electron chi connectivity index (χ2n) is 7.78. The quantitative estimate of drug-likeness (QED) is 0.656. The van der Waals surface area contributed by atoms with Crippen molar-refractivity contribution in [3.63, 3.8) is 0 Å². The van der Waals surface area contributed by atoms with Crippen molar-refractivity contribution >= 4 is 22.6 Å². The number of carbonyl (C=O) groups excluding carboxylic acids is 1. The summed E-state index contributed by atoms with van der Waals surface area (Å²) in [5.41, 5.74) is 2.79. The molecule has 162 valence electrons. The number of rotatable bonds is 6. The van der Waals surface area contributed by atoms with E-state index in [4.69, 9.17) is 4.74 Å². The largest absolute Gasteiger partial charge is 0.481 e. The molecule has 3 aromatic rings. The first kappa shape index (κ1) is 21.0. The Morgan fingerprint density at radius 3 is 2.55 bits per heavy atom. The normalized spacial score (nSPS) is 15.6. The number of nitrogens with zero attached hydrogens (tertiary/aromatic N) is 5. The first-order chi connectivity index (χ1) is 15.1. The van der Waals surface area contributed by atoms with Gasteiger partial charge < -0.3 is 19.9 Å². The van der Waals surface area contributed by atoms with Crippen molar-refractivity contribution in [2.24, 2.45) is 0 Å². The van der Waals surface area contributed by atoms with Crippen LogP contribution in [0.1, 0.15) is 13.3 Å². The van der Waals surface area contributed by atoms with Gasteiger partial charge in [0.15, 0.2) is 0 Å². The molecule has 1 aromatic carbocycles. The number of hydrogen-bond acceptors (Lipinski definition) is 7. The van der Waals surface area contributed by atoms with E-state index in [1.54, 1.807) is 13.3 Å². The Labute approximate surface area is 182 Å². The van der Waals surface area contributed by atoms with Gasteiger partial charge in [-0.05, 0) is 37.2 Å². The standard InChI is InChI=1S/C23H28N6O2/c1-4-19(23(30)29-11-9-28(2)10-12-29)27-22-18-13-16(5-7-20(18)25-15-26-22)17-6-8-21(31-3)24-14-17/h5-8,13-15,19H,4,9-12H2,1-3H3,(H,25,26,27). The highest BCUT2D eigenvalue weighted by molar-refractivity contribution is 5.94. The molecule has 1 aliphatic heterocycles. The average Bonchev–Trinajstić information content (AvgIpc) is 2.82. The summed E-state index contributed by atoms with van der Waals surface area (Å²) in [6.07, 6.45) is 3.99. The molecule has 4 rings (SSSR count). The summed E-state index contributed by atoms with van der Waals surface area (Å²) >= 11 is 0. The van der Waals surface area contributed by atoms with Crippen molar-refractivity contribution in [3.8, 4) is 17.0 Å². The number of carbonyl (C=O) groups is 1. The van der Waals surface area contributed by atoms with E-state index in [0.717, 1.165) is 48.2 Å². The lowest BCUT2D eigenvalue weighted by Crippen LogP contribution is -2.51. The van der Waals surface area contributed by atoms with E-state index in [0.29, 0.717) is 18.1 Å². The fraction of sp³-hybridized carbons (Fsp3) is 0.391. The topological polar surface area (TPSA) is 83.5 Å². The Kier molecular flexibility index (Phi) is 6.27. The summed E-state index contributed by atoms with van der Waals surface area (Å²) in [4.78, 5) is 30.4. The Hall–Kier alpha value is -3.26. The lowest BCUT2D eigenvalue weighted by atomic mass is 10.0. The van der Waals surface area contributed by atoms with Crippen molar-refractivity contribution < 1.29 is 9.53 Å². The average molecular weight is 421 g/mol. The lowest BCUT2D eigenvalue weighted by Gasteiger charge is -2.34. The zero-order valence-electron chi connectivity index (χ0n) is 18.2. The van der Waals surface area contributed by atoms with Gasteiger partial charge in [0.2, 0.25) is 11.8 Å². The van der Waals surface area contributed by atoms with Gasteiger partial charge in [0.1, 0.15) is 18.2 Å². The number of hydrogen-bond donors (Lipinski definition) is 1. The predicted octanol–water partition coefficient (Wildman–Crippen LogP) is 2.66. The number of anilines is 1. The molecule has 0 spiro atoms. The highest BCUT2D eigenvalue weighted by Gasteiger charge is 2.26. The van der Waals surface area contributed by atoms with Crippen LogP contribution in [-0.4, -0.2) is 77.0 Å². The molecule has 0 radical (unpaired) electrons. The van der Waals surface area contributed by atoms with Crippen LogP contribution in [-0.2, 0) is 4.79 Å². The van der Waals surface area contributed by atoms with Gasteiger partial charge in [0.25, 0.3) is 0 Å². The van der Waals surface area contributed by atoms with Crippen LogP contribution in [0.2, 0.25) is 0 Å². The maximum atomic E-state index is 13.1. The van der Waals surface area contributed by atoms with Crippen LogP contribution in [0.5, 0.6) is 5.88 Å². The summed E-state index contributed by atoms with van der Waals surface area (Å²) < 4.78 is 5.15. The number of amides is 1. The van der Waals surface area contributed by atoms with Crippen LogP contribution in [0.3, 0.4) is 0 Å². The molecule has 31 heavy (non-hydrogen) atoms. The van der Waals surface area contributed by atoms with Crippen LogP contribution in [0.15, 0.2) is 42.9 Å². The van der Waals surface area contributed by atoms with E-state index in [9.17, 15) is 4.79 Å². The number of ether oxygens (including phenoxy) is 1. The zero-order chi connectivity index (χ0) is 21.8. The second-order valence-corrected chi connectivity index (χ2v) is 7.78. The minimum absolute atomic E-state index is 0.123. The van der Waals surface area contributed by atoms with E-state index in [2.05, 4.69) is 32.2 Å². The third-order valence-electron chi connectivity index (χ3n) is 5.75. The van der Waals surface area contributed by atoms with Crippen LogP contribution in [0.4, 0.5) is 5.82 Å². The smallest absolute Gasteiger partial charge is 0.245 e. The van der Waals surface area contributed by atoms with Crippen molar-refractivity contribution in [2.75, 3.05) is 45.7 Å². The summed E-state index contributed by atoms with van der Waals surface area (Å²) in [5.74, 6) is 1.36. The monoisotopic (exact) mass is 420 g/mol. The minimum atomic E-state index is -0.326.